The number of unbranched alkanes of at least 4 members (excludes halogenated alkanes) is 1. The number of hydrogen-bond donors (Lipinski definition) is 1. The first-order valence-electron chi connectivity index (χ1n) is 6.20. The molecule has 0 atom stereocenters. The molecule has 0 aliphatic carbocycles. The van der Waals surface area contributed by atoms with E-state index in [-0.39, 0.29) is 0 Å². The molecule has 0 aromatic heterocycles. The molecule has 0 saturated carbocycles. The summed E-state index contributed by atoms with van der Waals surface area (Å²) in [6.45, 7) is 5.05. The lowest BCUT2D eigenvalue weighted by Gasteiger charge is -2.09. The number of nitrogens with zero attached hydrogens (tertiary/aromatic N) is 1. The van der Waals surface area contributed by atoms with Crippen molar-refractivity contribution in [3.05, 3.63) is 29.3 Å². The highest BCUT2D eigenvalue weighted by atomic mass is 16.5. The van der Waals surface area contributed by atoms with Crippen LogP contribution in [-0.4, -0.2) is 19.5 Å². The van der Waals surface area contributed by atoms with Gasteiger partial charge in [0.2, 0.25) is 0 Å². The molecule has 2 N–H and O–H groups in total. The van der Waals surface area contributed by atoms with Gasteiger partial charge in [0.15, 0.2) is 0 Å². The summed E-state index contributed by atoms with van der Waals surface area (Å²) in [4.78, 5) is 4.37. The molecule has 1 aromatic carbocycles. The summed E-state index contributed by atoms with van der Waals surface area (Å²) in [5, 5.41) is 0. The second-order valence-electron chi connectivity index (χ2n) is 4.00. The average molecular weight is 234 g/mol. The number of nitrogens with two attached hydrogens (primary N) is 1. The van der Waals surface area contributed by atoms with Gasteiger partial charge >= 0.3 is 0 Å². The lowest BCUT2D eigenvalue weighted by Crippen LogP contribution is -2.14. The molecule has 0 unspecified atom stereocenters. The van der Waals surface area contributed by atoms with Crippen LogP contribution in [0.4, 0.5) is 0 Å². The van der Waals surface area contributed by atoms with Crippen LogP contribution in [0.3, 0.4) is 0 Å². The molecule has 94 valence electrons. The zero-order chi connectivity index (χ0) is 12.7. The Morgan fingerprint density at radius 1 is 1.35 bits per heavy atom. The minimum atomic E-state index is 0.621. The lowest BCUT2D eigenvalue weighted by atomic mass is 10.1. The Bertz CT molecular complexity index is 386. The van der Waals surface area contributed by atoms with Gasteiger partial charge in [0.25, 0.3) is 0 Å². The molecular weight excluding hydrogens is 212 g/mol. The van der Waals surface area contributed by atoms with E-state index in [9.17, 15) is 0 Å². The Hall–Kier alpha value is -1.51. The molecule has 0 bridgehead atoms. The molecule has 17 heavy (non-hydrogen) atoms. The maximum absolute atomic E-state index is 5.96. The van der Waals surface area contributed by atoms with Gasteiger partial charge in [-0.1, -0.05) is 20.3 Å². The quantitative estimate of drug-likeness (QED) is 0.467. The summed E-state index contributed by atoms with van der Waals surface area (Å²) < 4.78 is 5.29. The fourth-order valence-electron chi connectivity index (χ4n) is 1.66. The van der Waals surface area contributed by atoms with Gasteiger partial charge in [-0.15, -0.1) is 0 Å². The standard InChI is InChI=1S/C14H22N2O/c1-4-6-9-16-14(15)12-7-8-13(17-3)11(5-2)10-12/h7-8,10H,4-6,9H2,1-3H3,(H2,15,16). The number of hydrogen-bond acceptors (Lipinski definition) is 2. The molecule has 0 saturated heterocycles. The van der Waals surface area contributed by atoms with Gasteiger partial charge in [-0.05, 0) is 36.6 Å². The first-order valence-corrected chi connectivity index (χ1v) is 6.20. The number of methoxy groups -OCH3 is 1. The van der Waals surface area contributed by atoms with E-state index in [0.717, 1.165) is 37.1 Å². The number of rotatable bonds is 6. The molecule has 0 heterocycles. The van der Waals surface area contributed by atoms with E-state index in [4.69, 9.17) is 10.5 Å². The van der Waals surface area contributed by atoms with E-state index in [2.05, 4.69) is 24.9 Å². The summed E-state index contributed by atoms with van der Waals surface area (Å²) >= 11 is 0. The first-order chi connectivity index (χ1) is 8.22. The van der Waals surface area contributed by atoms with Crippen molar-refractivity contribution in [2.75, 3.05) is 13.7 Å². The zero-order valence-electron chi connectivity index (χ0n) is 11.0. The predicted octanol–water partition coefficient (Wildman–Crippen LogP) is 2.76. The molecule has 0 aliphatic heterocycles. The summed E-state index contributed by atoms with van der Waals surface area (Å²) in [7, 11) is 1.69. The van der Waals surface area contributed by atoms with Crippen molar-refractivity contribution >= 4 is 5.84 Å². The highest BCUT2D eigenvalue weighted by Crippen LogP contribution is 2.20. The van der Waals surface area contributed by atoms with E-state index >= 15 is 0 Å². The van der Waals surface area contributed by atoms with Crippen molar-refractivity contribution in [3.8, 4) is 5.75 Å². The van der Waals surface area contributed by atoms with Crippen LogP contribution in [0.25, 0.3) is 0 Å². The topological polar surface area (TPSA) is 47.6 Å². The summed E-state index contributed by atoms with van der Waals surface area (Å²) in [5.41, 5.74) is 8.11. The average Bonchev–Trinajstić information content (AvgIpc) is 2.38. The number of aryl methyl sites for hydroxylation is 1. The monoisotopic (exact) mass is 234 g/mol. The fraction of sp³-hybridized carbons (Fsp3) is 0.500. The van der Waals surface area contributed by atoms with E-state index in [1.54, 1.807) is 7.11 Å². The third kappa shape index (κ3) is 3.77. The van der Waals surface area contributed by atoms with Crippen LogP contribution in [0.15, 0.2) is 23.2 Å². The molecule has 0 spiro atoms. The van der Waals surface area contributed by atoms with Crippen molar-refractivity contribution in [2.24, 2.45) is 10.7 Å². The van der Waals surface area contributed by atoms with E-state index < -0.39 is 0 Å². The van der Waals surface area contributed by atoms with Crippen LogP contribution in [0.5, 0.6) is 5.75 Å². The van der Waals surface area contributed by atoms with Crippen molar-refractivity contribution in [3.63, 3.8) is 0 Å². The molecule has 0 fully saturated rings. The summed E-state index contributed by atoms with van der Waals surface area (Å²) in [6.07, 6.45) is 3.15. The second kappa shape index (κ2) is 6.94. The van der Waals surface area contributed by atoms with Crippen LogP contribution >= 0.6 is 0 Å². The van der Waals surface area contributed by atoms with Gasteiger partial charge in [0.05, 0.1) is 7.11 Å². The van der Waals surface area contributed by atoms with Crippen LogP contribution in [-0.2, 0) is 6.42 Å². The smallest absolute Gasteiger partial charge is 0.125 e. The van der Waals surface area contributed by atoms with E-state index in [1.807, 2.05) is 12.1 Å². The maximum Gasteiger partial charge on any atom is 0.125 e. The Morgan fingerprint density at radius 2 is 2.12 bits per heavy atom. The van der Waals surface area contributed by atoms with Crippen molar-refractivity contribution in [1.29, 1.82) is 0 Å². The summed E-state index contributed by atoms with van der Waals surface area (Å²) in [6, 6.07) is 5.97. The van der Waals surface area contributed by atoms with Gasteiger partial charge in [-0.25, -0.2) is 0 Å². The van der Waals surface area contributed by atoms with Crippen LogP contribution in [0.1, 0.15) is 37.8 Å². The SMILES string of the molecule is CCCCN=C(N)c1ccc(OC)c(CC)c1. The minimum absolute atomic E-state index is 0.621. The molecule has 0 radical (unpaired) electrons. The number of ether oxygens (including phenoxy) is 1. The van der Waals surface area contributed by atoms with Crippen LogP contribution in [0, 0.1) is 0 Å². The van der Waals surface area contributed by atoms with Gasteiger partial charge in [0, 0.05) is 12.1 Å². The van der Waals surface area contributed by atoms with Crippen LogP contribution < -0.4 is 10.5 Å². The number of benzene rings is 1. The Balaban J connectivity index is 2.87. The third-order valence-corrected chi connectivity index (χ3v) is 2.75. The van der Waals surface area contributed by atoms with Crippen molar-refractivity contribution < 1.29 is 4.74 Å². The molecule has 3 nitrogen and oxygen atoms in total. The van der Waals surface area contributed by atoms with Gasteiger partial charge < -0.3 is 10.5 Å². The Kier molecular flexibility index (Phi) is 5.53. The van der Waals surface area contributed by atoms with Gasteiger partial charge in [0.1, 0.15) is 11.6 Å². The highest BCUT2D eigenvalue weighted by Gasteiger charge is 2.04. The molecule has 1 aromatic rings. The van der Waals surface area contributed by atoms with Crippen LogP contribution in [0.2, 0.25) is 0 Å². The lowest BCUT2D eigenvalue weighted by molar-refractivity contribution is 0.410. The fourth-order valence-corrected chi connectivity index (χ4v) is 1.66. The predicted molar refractivity (Wildman–Crippen MR) is 72.9 cm³/mol. The normalized spacial score (nSPS) is 11.6. The molecular formula is C14H22N2O. The van der Waals surface area contributed by atoms with Crippen molar-refractivity contribution in [2.45, 2.75) is 33.1 Å². The molecule has 0 amide bonds. The molecule has 0 aliphatic rings. The first kappa shape index (κ1) is 13.6. The van der Waals surface area contributed by atoms with Crippen molar-refractivity contribution in [1.82, 2.24) is 0 Å². The minimum Gasteiger partial charge on any atom is -0.496 e. The number of amidine groups is 1. The highest BCUT2D eigenvalue weighted by molar-refractivity contribution is 5.97. The van der Waals surface area contributed by atoms with Gasteiger partial charge in [-0.3, -0.25) is 4.99 Å². The molecule has 3 heteroatoms. The molecule has 1 rings (SSSR count). The zero-order valence-corrected chi connectivity index (χ0v) is 11.0. The Labute approximate surface area is 104 Å². The number of aliphatic imine (C=N–C) groups is 1. The second-order valence-corrected chi connectivity index (χ2v) is 4.00. The van der Waals surface area contributed by atoms with Gasteiger partial charge in [-0.2, -0.15) is 0 Å². The van der Waals surface area contributed by atoms with E-state index in [1.165, 1.54) is 5.56 Å². The van der Waals surface area contributed by atoms with E-state index in [0.29, 0.717) is 5.84 Å². The largest absolute Gasteiger partial charge is 0.496 e. The Morgan fingerprint density at radius 3 is 2.71 bits per heavy atom. The third-order valence-electron chi connectivity index (χ3n) is 2.75. The maximum atomic E-state index is 5.96. The summed E-state index contributed by atoms with van der Waals surface area (Å²) in [5.74, 6) is 1.54.